The van der Waals surface area contributed by atoms with Crippen LogP contribution in [0.3, 0.4) is 0 Å². The van der Waals surface area contributed by atoms with Gasteiger partial charge in [0.05, 0.1) is 6.20 Å². The monoisotopic (exact) mass is 437 g/mol. The van der Waals surface area contributed by atoms with E-state index in [0.29, 0.717) is 0 Å². The van der Waals surface area contributed by atoms with Crippen LogP contribution in [0.25, 0.3) is 22.6 Å². The largest absolute Gasteiger partial charge is 0.368 e. The summed E-state index contributed by atoms with van der Waals surface area (Å²) in [6, 6.07) is 8.68. The van der Waals surface area contributed by atoms with Gasteiger partial charge in [0.15, 0.2) is 5.65 Å². The van der Waals surface area contributed by atoms with Gasteiger partial charge in [-0.1, -0.05) is 39.8 Å². The molecule has 0 aliphatic carbocycles. The molecule has 174 valence electrons. The van der Waals surface area contributed by atoms with Crippen LogP contribution in [0.2, 0.25) is 0 Å². The van der Waals surface area contributed by atoms with Gasteiger partial charge in [0.2, 0.25) is 0 Å². The zero-order valence-electron chi connectivity index (χ0n) is 20.5. The molecule has 2 aromatic heterocycles. The maximum atomic E-state index is 4.94. The van der Waals surface area contributed by atoms with Crippen LogP contribution in [0, 0.1) is 0 Å². The maximum absolute atomic E-state index is 4.94. The van der Waals surface area contributed by atoms with Crippen molar-refractivity contribution in [2.45, 2.75) is 41.2 Å². The van der Waals surface area contributed by atoms with Gasteiger partial charge in [0, 0.05) is 44.0 Å². The van der Waals surface area contributed by atoms with Crippen molar-refractivity contribution in [2.24, 2.45) is 0 Å². The van der Waals surface area contributed by atoms with E-state index in [9.17, 15) is 0 Å². The fourth-order valence-electron chi connectivity index (χ4n) is 4.28. The van der Waals surface area contributed by atoms with Crippen LogP contribution < -0.4 is 4.90 Å². The number of imidazole rings is 1. The van der Waals surface area contributed by atoms with E-state index in [-0.39, 0.29) is 0 Å². The molecule has 3 rings (SSSR count). The van der Waals surface area contributed by atoms with E-state index in [4.69, 9.17) is 4.98 Å². The minimum atomic E-state index is 0.816. The average molecular weight is 438 g/mol. The SMILES string of the molecule is CCN(CC)CCN(CCN(CC)CC)c1ccccc1-c1nc2cncnc2n1CC. The molecule has 7 nitrogen and oxygen atoms in total. The summed E-state index contributed by atoms with van der Waals surface area (Å²) in [5, 5.41) is 0. The van der Waals surface area contributed by atoms with Crippen LogP contribution in [0.4, 0.5) is 5.69 Å². The number of benzene rings is 1. The number of fused-ring (bicyclic) bond motifs is 1. The molecule has 0 aliphatic rings. The van der Waals surface area contributed by atoms with Crippen molar-refractivity contribution in [1.82, 2.24) is 29.3 Å². The summed E-state index contributed by atoms with van der Waals surface area (Å²) >= 11 is 0. The van der Waals surface area contributed by atoms with Crippen LogP contribution in [-0.4, -0.2) is 81.7 Å². The van der Waals surface area contributed by atoms with Crippen LogP contribution >= 0.6 is 0 Å². The number of nitrogens with zero attached hydrogens (tertiary/aromatic N) is 7. The molecule has 0 amide bonds. The number of anilines is 1. The zero-order chi connectivity index (χ0) is 22.9. The summed E-state index contributed by atoms with van der Waals surface area (Å²) in [7, 11) is 0. The summed E-state index contributed by atoms with van der Waals surface area (Å²) in [5.74, 6) is 0.967. The molecule has 1 aromatic carbocycles. The highest BCUT2D eigenvalue weighted by Crippen LogP contribution is 2.32. The molecule has 32 heavy (non-hydrogen) atoms. The molecule has 0 aliphatic heterocycles. The second-order valence-corrected chi connectivity index (χ2v) is 7.97. The van der Waals surface area contributed by atoms with Gasteiger partial charge in [-0.3, -0.25) is 0 Å². The molecule has 0 bridgehead atoms. The highest BCUT2D eigenvalue weighted by atomic mass is 15.2. The highest BCUT2D eigenvalue weighted by Gasteiger charge is 2.19. The molecule has 0 radical (unpaired) electrons. The van der Waals surface area contributed by atoms with Gasteiger partial charge in [0.25, 0.3) is 0 Å². The van der Waals surface area contributed by atoms with Crippen molar-refractivity contribution in [3.05, 3.63) is 36.8 Å². The molecule has 0 unspecified atom stereocenters. The Bertz CT molecular complexity index is 944. The van der Waals surface area contributed by atoms with E-state index in [1.807, 2.05) is 0 Å². The first kappa shape index (κ1) is 24.1. The molecule has 0 saturated heterocycles. The molecule has 3 aromatic rings. The Balaban J connectivity index is 2.00. The van der Waals surface area contributed by atoms with E-state index in [0.717, 1.165) is 81.5 Å². The first-order valence-corrected chi connectivity index (χ1v) is 12.1. The second-order valence-electron chi connectivity index (χ2n) is 7.97. The zero-order valence-corrected chi connectivity index (χ0v) is 20.5. The number of para-hydroxylation sites is 1. The van der Waals surface area contributed by atoms with Gasteiger partial charge in [-0.15, -0.1) is 0 Å². The second kappa shape index (κ2) is 11.9. The number of aryl methyl sites for hydroxylation is 1. The molecular formula is C25H39N7. The van der Waals surface area contributed by atoms with Gasteiger partial charge in [0.1, 0.15) is 17.7 Å². The Morgan fingerprint density at radius 3 is 2.03 bits per heavy atom. The van der Waals surface area contributed by atoms with Gasteiger partial charge in [-0.25, -0.2) is 15.0 Å². The molecule has 0 atom stereocenters. The van der Waals surface area contributed by atoms with Gasteiger partial charge >= 0.3 is 0 Å². The Morgan fingerprint density at radius 2 is 1.44 bits per heavy atom. The van der Waals surface area contributed by atoms with Gasteiger partial charge < -0.3 is 19.3 Å². The quantitative estimate of drug-likeness (QED) is 0.403. The summed E-state index contributed by atoms with van der Waals surface area (Å²) in [5.41, 5.74) is 4.14. The number of likely N-dealkylation sites (N-methyl/N-ethyl adjacent to an activating group) is 2. The smallest absolute Gasteiger partial charge is 0.163 e. The summed E-state index contributed by atoms with van der Waals surface area (Å²) in [4.78, 5) is 21.1. The molecule has 0 saturated carbocycles. The van der Waals surface area contributed by atoms with E-state index in [2.05, 4.69) is 88.1 Å². The lowest BCUT2D eigenvalue weighted by molar-refractivity contribution is 0.294. The third kappa shape index (κ3) is 5.45. The van der Waals surface area contributed by atoms with Crippen LogP contribution in [0.1, 0.15) is 34.6 Å². The fraction of sp³-hybridized carbons (Fsp3) is 0.560. The lowest BCUT2D eigenvalue weighted by Crippen LogP contribution is -2.40. The van der Waals surface area contributed by atoms with E-state index in [1.54, 1.807) is 12.5 Å². The number of hydrogen-bond donors (Lipinski definition) is 0. The van der Waals surface area contributed by atoms with Crippen LogP contribution in [0.15, 0.2) is 36.8 Å². The van der Waals surface area contributed by atoms with Crippen molar-refractivity contribution < 1.29 is 0 Å². The Hall–Kier alpha value is -2.51. The van der Waals surface area contributed by atoms with Crippen molar-refractivity contribution >= 4 is 16.9 Å². The van der Waals surface area contributed by atoms with Crippen LogP contribution in [-0.2, 0) is 6.54 Å². The van der Waals surface area contributed by atoms with Crippen molar-refractivity contribution in [3.63, 3.8) is 0 Å². The van der Waals surface area contributed by atoms with Gasteiger partial charge in [-0.05, 0) is 45.2 Å². The minimum Gasteiger partial charge on any atom is -0.368 e. The number of rotatable bonds is 13. The average Bonchev–Trinajstić information content (AvgIpc) is 3.22. The minimum absolute atomic E-state index is 0.816. The predicted octanol–water partition coefficient (Wildman–Crippen LogP) is 4.00. The Labute approximate surface area is 193 Å². The summed E-state index contributed by atoms with van der Waals surface area (Å²) in [6.45, 7) is 20.3. The van der Waals surface area contributed by atoms with Gasteiger partial charge in [-0.2, -0.15) is 0 Å². The predicted molar refractivity (Wildman–Crippen MR) is 134 cm³/mol. The number of hydrogen-bond acceptors (Lipinski definition) is 6. The first-order chi connectivity index (χ1) is 15.7. The molecule has 0 fully saturated rings. The van der Waals surface area contributed by atoms with Crippen molar-refractivity contribution in [1.29, 1.82) is 0 Å². The summed E-state index contributed by atoms with van der Waals surface area (Å²) < 4.78 is 2.20. The molecule has 2 heterocycles. The van der Waals surface area contributed by atoms with Crippen molar-refractivity contribution in [3.8, 4) is 11.4 Å². The van der Waals surface area contributed by atoms with E-state index in [1.165, 1.54) is 5.69 Å². The topological polar surface area (TPSA) is 53.3 Å². The van der Waals surface area contributed by atoms with E-state index < -0.39 is 0 Å². The third-order valence-electron chi connectivity index (χ3n) is 6.37. The van der Waals surface area contributed by atoms with Crippen molar-refractivity contribution in [2.75, 3.05) is 57.3 Å². The summed E-state index contributed by atoms with van der Waals surface area (Å²) in [6.07, 6.45) is 3.41. The van der Waals surface area contributed by atoms with E-state index >= 15 is 0 Å². The molecule has 0 N–H and O–H groups in total. The first-order valence-electron chi connectivity index (χ1n) is 12.1. The number of aromatic nitrogens is 4. The standard InChI is InChI=1S/C25H39N7/c1-6-29(7-2)15-17-31(18-16-30(8-3)9-4)23-14-12-11-13-21(23)24-28-22-19-26-20-27-25(22)32(24)10-5/h11-14,19-20H,6-10,15-18H2,1-5H3. The maximum Gasteiger partial charge on any atom is 0.163 e. The third-order valence-corrected chi connectivity index (χ3v) is 6.37. The Kier molecular flexibility index (Phi) is 9.00. The molecule has 0 spiro atoms. The normalized spacial score (nSPS) is 11.7. The molecular weight excluding hydrogens is 398 g/mol. The fourth-order valence-corrected chi connectivity index (χ4v) is 4.28. The lowest BCUT2D eigenvalue weighted by atomic mass is 10.1. The Morgan fingerprint density at radius 1 is 0.812 bits per heavy atom. The highest BCUT2D eigenvalue weighted by molar-refractivity contribution is 5.82. The molecule has 7 heteroatoms. The van der Waals surface area contributed by atoms with Crippen LogP contribution in [0.5, 0.6) is 0 Å². The lowest BCUT2D eigenvalue weighted by Gasteiger charge is -2.31.